The van der Waals surface area contributed by atoms with Gasteiger partial charge in [-0.25, -0.2) is 8.42 Å². The second-order valence-corrected chi connectivity index (χ2v) is 10.5. The lowest BCUT2D eigenvalue weighted by Gasteiger charge is -2.27. The number of morpholine rings is 1. The number of sulfonamides is 1. The summed E-state index contributed by atoms with van der Waals surface area (Å²) in [6.45, 7) is 5.41. The first-order chi connectivity index (χ1) is 16.0. The lowest BCUT2D eigenvalue weighted by atomic mass is 10.1. The highest BCUT2D eigenvalue weighted by Gasteiger charge is 2.28. The van der Waals surface area contributed by atoms with Crippen molar-refractivity contribution in [1.82, 2.24) is 4.31 Å². The second-order valence-electron chi connectivity index (χ2n) is 8.61. The fourth-order valence-electron chi connectivity index (χ4n) is 4.36. The predicted molar refractivity (Wildman–Crippen MR) is 130 cm³/mol. The van der Waals surface area contributed by atoms with E-state index in [9.17, 15) is 13.2 Å². The van der Waals surface area contributed by atoms with Crippen molar-refractivity contribution in [3.05, 3.63) is 53.6 Å². The molecule has 0 aliphatic carbocycles. The summed E-state index contributed by atoms with van der Waals surface area (Å²) in [5.41, 5.74) is 3.84. The largest absolute Gasteiger partial charge is 0.379 e. The van der Waals surface area contributed by atoms with Crippen molar-refractivity contribution < 1.29 is 17.9 Å². The Morgan fingerprint density at radius 3 is 2.30 bits per heavy atom. The molecule has 0 unspecified atom stereocenters. The van der Waals surface area contributed by atoms with E-state index in [2.05, 4.69) is 41.4 Å². The molecule has 0 bridgehead atoms. The Kier molecular flexibility index (Phi) is 7.67. The van der Waals surface area contributed by atoms with Crippen molar-refractivity contribution >= 4 is 27.3 Å². The quantitative estimate of drug-likeness (QED) is 0.638. The zero-order chi connectivity index (χ0) is 23.3. The van der Waals surface area contributed by atoms with Crippen LogP contribution in [0.15, 0.2) is 47.4 Å². The molecule has 4 rings (SSSR count). The number of ether oxygens (including phenoxy) is 1. The van der Waals surface area contributed by atoms with Crippen molar-refractivity contribution in [2.45, 2.75) is 43.9 Å². The molecule has 178 valence electrons. The molecular formula is C25H33N3O4S. The molecule has 0 aromatic heterocycles. The van der Waals surface area contributed by atoms with Gasteiger partial charge in [-0.3, -0.25) is 4.79 Å². The van der Waals surface area contributed by atoms with Crippen molar-refractivity contribution in [2.24, 2.45) is 0 Å². The zero-order valence-electron chi connectivity index (χ0n) is 19.3. The zero-order valence-corrected chi connectivity index (χ0v) is 20.1. The van der Waals surface area contributed by atoms with Gasteiger partial charge in [0.15, 0.2) is 0 Å². The summed E-state index contributed by atoms with van der Waals surface area (Å²) in [6.07, 6.45) is 4.15. The Morgan fingerprint density at radius 1 is 0.970 bits per heavy atom. The van der Waals surface area contributed by atoms with Crippen LogP contribution in [0.5, 0.6) is 0 Å². The number of benzene rings is 2. The summed E-state index contributed by atoms with van der Waals surface area (Å²) in [5, 5.41) is 3.01. The monoisotopic (exact) mass is 471 g/mol. The highest BCUT2D eigenvalue weighted by Crippen LogP contribution is 2.32. The number of nitrogens with one attached hydrogen (secondary N) is 1. The highest BCUT2D eigenvalue weighted by molar-refractivity contribution is 7.89. The molecule has 2 aromatic rings. The molecule has 1 N–H and O–H groups in total. The van der Waals surface area contributed by atoms with Gasteiger partial charge >= 0.3 is 0 Å². The Bertz CT molecular complexity index is 1060. The normalized spacial score (nSPS) is 17.3. The standard InChI is InChI=1S/C25H33N3O4S/c1-2-20-5-7-21(8-6-20)9-12-25(29)26-23-19-22(10-11-24(23)27-13-3-4-14-27)33(30,31)28-15-17-32-18-16-28/h5-8,10-11,19H,2-4,9,12-18H2,1H3,(H,26,29). The van der Waals surface area contributed by atoms with Gasteiger partial charge in [-0.1, -0.05) is 31.2 Å². The minimum Gasteiger partial charge on any atom is -0.379 e. The van der Waals surface area contributed by atoms with Crippen LogP contribution >= 0.6 is 0 Å². The molecule has 33 heavy (non-hydrogen) atoms. The first kappa shape index (κ1) is 23.7. The molecule has 1 amide bonds. The number of nitrogens with zero attached hydrogens (tertiary/aromatic N) is 2. The van der Waals surface area contributed by atoms with Gasteiger partial charge in [0.25, 0.3) is 0 Å². The molecule has 2 aliphatic heterocycles. The van der Waals surface area contributed by atoms with Gasteiger partial charge in [0.2, 0.25) is 15.9 Å². The van der Waals surface area contributed by atoms with E-state index in [1.165, 1.54) is 9.87 Å². The first-order valence-corrected chi connectivity index (χ1v) is 13.3. The number of hydrogen-bond acceptors (Lipinski definition) is 5. The Labute approximate surface area is 196 Å². The third kappa shape index (κ3) is 5.75. The number of carbonyl (C=O) groups is 1. The number of anilines is 2. The Morgan fingerprint density at radius 2 is 1.64 bits per heavy atom. The number of aryl methyl sites for hydroxylation is 2. The second kappa shape index (κ2) is 10.7. The van der Waals surface area contributed by atoms with Gasteiger partial charge in [0.05, 0.1) is 29.5 Å². The minimum absolute atomic E-state index is 0.115. The molecule has 2 heterocycles. The van der Waals surface area contributed by atoms with Crippen LogP contribution in [0.2, 0.25) is 0 Å². The van der Waals surface area contributed by atoms with E-state index in [0.717, 1.165) is 43.6 Å². The third-order valence-corrected chi connectivity index (χ3v) is 8.26. The molecule has 2 fully saturated rings. The fourth-order valence-corrected chi connectivity index (χ4v) is 5.79. The van der Waals surface area contributed by atoms with Crippen molar-refractivity contribution in [1.29, 1.82) is 0 Å². The van der Waals surface area contributed by atoms with Crippen molar-refractivity contribution in [3.8, 4) is 0 Å². The van der Waals surface area contributed by atoms with Gasteiger partial charge in [-0.2, -0.15) is 4.31 Å². The van der Waals surface area contributed by atoms with Gasteiger partial charge in [-0.15, -0.1) is 0 Å². The van der Waals surface area contributed by atoms with E-state index >= 15 is 0 Å². The van der Waals surface area contributed by atoms with Gasteiger partial charge in [0, 0.05) is 32.6 Å². The summed E-state index contributed by atoms with van der Waals surface area (Å²) >= 11 is 0. The smallest absolute Gasteiger partial charge is 0.243 e. The molecule has 7 nitrogen and oxygen atoms in total. The Hall–Kier alpha value is -2.42. The van der Waals surface area contributed by atoms with Crippen LogP contribution in [-0.2, 0) is 32.4 Å². The van der Waals surface area contributed by atoms with E-state index in [1.54, 1.807) is 12.1 Å². The molecule has 2 aliphatic rings. The number of carbonyl (C=O) groups excluding carboxylic acids is 1. The van der Waals surface area contributed by atoms with Gasteiger partial charge in [0.1, 0.15) is 0 Å². The molecule has 0 spiro atoms. The van der Waals surface area contributed by atoms with Crippen LogP contribution < -0.4 is 10.2 Å². The summed E-state index contributed by atoms with van der Waals surface area (Å²) in [4.78, 5) is 15.3. The Balaban J connectivity index is 1.52. The fraction of sp³-hybridized carbons (Fsp3) is 0.480. The molecule has 0 saturated carbocycles. The molecular weight excluding hydrogens is 438 g/mol. The van der Waals surface area contributed by atoms with Crippen LogP contribution in [0, 0.1) is 0 Å². The average molecular weight is 472 g/mol. The van der Waals surface area contributed by atoms with E-state index < -0.39 is 10.0 Å². The topological polar surface area (TPSA) is 79.0 Å². The summed E-state index contributed by atoms with van der Waals surface area (Å²) < 4.78 is 33.1. The lowest BCUT2D eigenvalue weighted by molar-refractivity contribution is -0.116. The maximum Gasteiger partial charge on any atom is 0.243 e. The van der Waals surface area contributed by atoms with Gasteiger partial charge < -0.3 is 15.0 Å². The molecule has 2 aromatic carbocycles. The van der Waals surface area contributed by atoms with Crippen LogP contribution in [0.4, 0.5) is 11.4 Å². The summed E-state index contributed by atoms with van der Waals surface area (Å²) in [5.74, 6) is -0.115. The van der Waals surface area contributed by atoms with E-state index in [-0.39, 0.29) is 10.8 Å². The molecule has 0 radical (unpaired) electrons. The lowest BCUT2D eigenvalue weighted by Crippen LogP contribution is -2.40. The van der Waals surface area contributed by atoms with Crippen molar-refractivity contribution in [2.75, 3.05) is 49.6 Å². The van der Waals surface area contributed by atoms with E-state index in [0.29, 0.717) is 44.8 Å². The average Bonchev–Trinajstić information content (AvgIpc) is 3.38. The molecule has 2 saturated heterocycles. The van der Waals surface area contributed by atoms with Crippen LogP contribution in [0.3, 0.4) is 0 Å². The number of hydrogen-bond donors (Lipinski definition) is 1. The molecule has 0 atom stereocenters. The maximum absolute atomic E-state index is 13.2. The summed E-state index contributed by atoms with van der Waals surface area (Å²) in [6, 6.07) is 13.4. The van der Waals surface area contributed by atoms with Crippen LogP contribution in [-0.4, -0.2) is 58.0 Å². The van der Waals surface area contributed by atoms with Crippen molar-refractivity contribution in [3.63, 3.8) is 0 Å². The minimum atomic E-state index is -3.64. The SMILES string of the molecule is CCc1ccc(CCC(=O)Nc2cc(S(=O)(=O)N3CCOCC3)ccc2N2CCCC2)cc1. The first-order valence-electron chi connectivity index (χ1n) is 11.8. The van der Waals surface area contributed by atoms with Gasteiger partial charge in [-0.05, 0) is 55.0 Å². The van der Waals surface area contributed by atoms with E-state index in [1.807, 2.05) is 6.07 Å². The third-order valence-electron chi connectivity index (χ3n) is 6.37. The number of rotatable bonds is 8. The molecule has 8 heteroatoms. The van der Waals surface area contributed by atoms with Crippen LogP contribution in [0.1, 0.15) is 37.3 Å². The highest BCUT2D eigenvalue weighted by atomic mass is 32.2. The van der Waals surface area contributed by atoms with E-state index in [4.69, 9.17) is 4.74 Å². The van der Waals surface area contributed by atoms with Crippen LogP contribution in [0.25, 0.3) is 0 Å². The summed E-state index contributed by atoms with van der Waals surface area (Å²) in [7, 11) is -3.64. The maximum atomic E-state index is 13.2. The predicted octanol–water partition coefficient (Wildman–Crippen LogP) is 3.44. The number of amides is 1.